The number of methoxy groups -OCH3 is 1. The van der Waals surface area contributed by atoms with E-state index in [1.807, 2.05) is 6.92 Å². The molecule has 23 heavy (non-hydrogen) atoms. The van der Waals surface area contributed by atoms with Gasteiger partial charge in [0.15, 0.2) is 5.78 Å². The second kappa shape index (κ2) is 8.13. The predicted molar refractivity (Wildman–Crippen MR) is 91.0 cm³/mol. The van der Waals surface area contributed by atoms with Crippen LogP contribution in [0.5, 0.6) is 5.75 Å². The maximum Gasteiger partial charge on any atom is 0.224 e. The van der Waals surface area contributed by atoms with Crippen molar-refractivity contribution < 1.29 is 14.3 Å². The number of ketones is 1. The molecule has 0 saturated carbocycles. The summed E-state index contributed by atoms with van der Waals surface area (Å²) in [6, 6.07) is 14.0. The lowest BCUT2D eigenvalue weighted by atomic mass is 10.0. The average Bonchev–Trinajstić information content (AvgIpc) is 2.60. The molecule has 0 heterocycles. The van der Waals surface area contributed by atoms with Gasteiger partial charge in [-0.05, 0) is 42.8 Å². The SMILES string of the molecule is CCCCC(=O)Nc1ccccc1C(=O)c1ccc(OC)cc1. The summed E-state index contributed by atoms with van der Waals surface area (Å²) in [6.45, 7) is 2.04. The molecule has 2 aromatic rings. The predicted octanol–water partition coefficient (Wildman–Crippen LogP) is 4.05. The first-order valence-electron chi connectivity index (χ1n) is 7.73. The highest BCUT2D eigenvalue weighted by Crippen LogP contribution is 2.21. The highest BCUT2D eigenvalue weighted by Gasteiger charge is 2.14. The van der Waals surface area contributed by atoms with Gasteiger partial charge in [-0.1, -0.05) is 25.5 Å². The van der Waals surface area contributed by atoms with E-state index in [9.17, 15) is 9.59 Å². The second-order valence-electron chi connectivity index (χ2n) is 5.25. The Bertz CT molecular complexity index is 677. The van der Waals surface area contributed by atoms with E-state index in [4.69, 9.17) is 4.74 Å². The Kier molecular flexibility index (Phi) is 5.92. The minimum Gasteiger partial charge on any atom is -0.497 e. The number of anilines is 1. The Hall–Kier alpha value is -2.62. The number of para-hydroxylation sites is 1. The summed E-state index contributed by atoms with van der Waals surface area (Å²) in [7, 11) is 1.58. The quantitative estimate of drug-likeness (QED) is 0.785. The van der Waals surface area contributed by atoms with Gasteiger partial charge in [-0.15, -0.1) is 0 Å². The second-order valence-corrected chi connectivity index (χ2v) is 5.25. The molecule has 0 saturated heterocycles. The zero-order valence-corrected chi connectivity index (χ0v) is 13.5. The molecule has 0 aliphatic rings. The number of benzene rings is 2. The molecule has 120 valence electrons. The van der Waals surface area contributed by atoms with Crippen molar-refractivity contribution in [3.8, 4) is 5.75 Å². The van der Waals surface area contributed by atoms with E-state index in [1.165, 1.54) is 0 Å². The van der Waals surface area contributed by atoms with Crippen molar-refractivity contribution in [1.29, 1.82) is 0 Å². The molecule has 2 aromatic carbocycles. The average molecular weight is 311 g/mol. The molecule has 0 fully saturated rings. The molecule has 1 N–H and O–H groups in total. The van der Waals surface area contributed by atoms with Crippen molar-refractivity contribution in [2.75, 3.05) is 12.4 Å². The van der Waals surface area contributed by atoms with Crippen LogP contribution in [0, 0.1) is 0 Å². The highest BCUT2D eigenvalue weighted by atomic mass is 16.5. The highest BCUT2D eigenvalue weighted by molar-refractivity contribution is 6.13. The first kappa shape index (κ1) is 16.7. The zero-order chi connectivity index (χ0) is 16.7. The molecule has 0 spiro atoms. The fraction of sp³-hybridized carbons (Fsp3) is 0.263. The molecule has 0 atom stereocenters. The van der Waals surface area contributed by atoms with Crippen molar-refractivity contribution in [2.24, 2.45) is 0 Å². The normalized spacial score (nSPS) is 10.2. The van der Waals surface area contributed by atoms with Crippen LogP contribution in [0.15, 0.2) is 48.5 Å². The van der Waals surface area contributed by atoms with E-state index in [0.29, 0.717) is 29.0 Å². The van der Waals surface area contributed by atoms with Gasteiger partial charge in [0, 0.05) is 17.5 Å². The molecule has 4 heteroatoms. The van der Waals surface area contributed by atoms with Gasteiger partial charge in [-0.3, -0.25) is 9.59 Å². The standard InChI is InChI=1S/C19H21NO3/c1-3-4-9-18(21)20-17-8-6-5-7-16(17)19(22)14-10-12-15(23-2)13-11-14/h5-8,10-13H,3-4,9H2,1-2H3,(H,20,21). The number of unbranched alkanes of at least 4 members (excludes halogenated alkanes) is 1. The smallest absolute Gasteiger partial charge is 0.224 e. The summed E-state index contributed by atoms with van der Waals surface area (Å²) in [4.78, 5) is 24.6. The van der Waals surface area contributed by atoms with Crippen LogP contribution in [-0.4, -0.2) is 18.8 Å². The molecule has 0 aliphatic carbocycles. The third-order valence-electron chi connectivity index (χ3n) is 3.56. The third kappa shape index (κ3) is 4.42. The molecular formula is C19H21NO3. The largest absolute Gasteiger partial charge is 0.497 e. The first-order valence-corrected chi connectivity index (χ1v) is 7.73. The summed E-state index contributed by atoms with van der Waals surface area (Å²) in [5, 5.41) is 2.83. The molecule has 0 bridgehead atoms. The molecule has 0 unspecified atom stereocenters. The van der Waals surface area contributed by atoms with Crippen molar-refractivity contribution in [2.45, 2.75) is 26.2 Å². The number of amides is 1. The van der Waals surface area contributed by atoms with Gasteiger partial charge in [-0.2, -0.15) is 0 Å². The van der Waals surface area contributed by atoms with Gasteiger partial charge < -0.3 is 10.1 Å². The van der Waals surface area contributed by atoms with Gasteiger partial charge >= 0.3 is 0 Å². The zero-order valence-electron chi connectivity index (χ0n) is 13.5. The maximum absolute atomic E-state index is 12.7. The van der Waals surface area contributed by atoms with E-state index >= 15 is 0 Å². The molecule has 0 aromatic heterocycles. The third-order valence-corrected chi connectivity index (χ3v) is 3.56. The van der Waals surface area contributed by atoms with E-state index in [2.05, 4.69) is 5.32 Å². The number of ether oxygens (including phenoxy) is 1. The van der Waals surface area contributed by atoms with Gasteiger partial charge in [0.25, 0.3) is 0 Å². The molecule has 2 rings (SSSR count). The topological polar surface area (TPSA) is 55.4 Å². The Morgan fingerprint density at radius 3 is 2.39 bits per heavy atom. The molecule has 0 aliphatic heterocycles. The number of rotatable bonds is 7. The van der Waals surface area contributed by atoms with Gasteiger partial charge in [-0.25, -0.2) is 0 Å². The van der Waals surface area contributed by atoms with Crippen LogP contribution < -0.4 is 10.1 Å². The lowest BCUT2D eigenvalue weighted by molar-refractivity contribution is -0.116. The van der Waals surface area contributed by atoms with Gasteiger partial charge in [0.05, 0.1) is 12.8 Å². The van der Waals surface area contributed by atoms with Gasteiger partial charge in [0.2, 0.25) is 5.91 Å². The van der Waals surface area contributed by atoms with Crippen molar-refractivity contribution in [3.05, 3.63) is 59.7 Å². The summed E-state index contributed by atoms with van der Waals surface area (Å²) < 4.78 is 5.10. The van der Waals surface area contributed by atoms with E-state index in [1.54, 1.807) is 55.6 Å². The maximum atomic E-state index is 12.7. The Balaban J connectivity index is 2.21. The Morgan fingerprint density at radius 2 is 1.74 bits per heavy atom. The lowest BCUT2D eigenvalue weighted by Gasteiger charge is -2.10. The molecule has 1 amide bonds. The van der Waals surface area contributed by atoms with Crippen LogP contribution in [-0.2, 0) is 4.79 Å². The van der Waals surface area contributed by atoms with Crippen LogP contribution >= 0.6 is 0 Å². The summed E-state index contributed by atoms with van der Waals surface area (Å²) in [6.07, 6.45) is 2.25. The lowest BCUT2D eigenvalue weighted by Crippen LogP contribution is -2.14. The molecule has 4 nitrogen and oxygen atoms in total. The monoisotopic (exact) mass is 311 g/mol. The fourth-order valence-electron chi connectivity index (χ4n) is 2.24. The van der Waals surface area contributed by atoms with Crippen LogP contribution in [0.3, 0.4) is 0 Å². The Morgan fingerprint density at radius 1 is 1.04 bits per heavy atom. The van der Waals surface area contributed by atoms with E-state index < -0.39 is 0 Å². The minimum absolute atomic E-state index is 0.0677. The van der Waals surface area contributed by atoms with Crippen LogP contribution in [0.1, 0.15) is 42.1 Å². The first-order chi connectivity index (χ1) is 11.2. The number of nitrogens with one attached hydrogen (secondary N) is 1. The Labute approximate surface area is 136 Å². The van der Waals surface area contributed by atoms with Gasteiger partial charge in [0.1, 0.15) is 5.75 Å². The van der Waals surface area contributed by atoms with Crippen LogP contribution in [0.2, 0.25) is 0 Å². The molecular weight excluding hydrogens is 290 g/mol. The van der Waals surface area contributed by atoms with Crippen molar-refractivity contribution in [1.82, 2.24) is 0 Å². The van der Waals surface area contributed by atoms with Crippen molar-refractivity contribution in [3.63, 3.8) is 0 Å². The minimum atomic E-state index is -0.126. The molecule has 0 radical (unpaired) electrons. The number of carbonyl (C=O) groups excluding carboxylic acids is 2. The summed E-state index contributed by atoms with van der Waals surface area (Å²) in [5.41, 5.74) is 1.60. The number of carbonyl (C=O) groups is 2. The van der Waals surface area contributed by atoms with Crippen LogP contribution in [0.4, 0.5) is 5.69 Å². The van der Waals surface area contributed by atoms with Crippen LogP contribution in [0.25, 0.3) is 0 Å². The number of hydrogen-bond donors (Lipinski definition) is 1. The van der Waals surface area contributed by atoms with E-state index in [0.717, 1.165) is 12.8 Å². The summed E-state index contributed by atoms with van der Waals surface area (Å²) in [5.74, 6) is 0.503. The fourth-order valence-corrected chi connectivity index (χ4v) is 2.24. The van der Waals surface area contributed by atoms with E-state index in [-0.39, 0.29) is 11.7 Å². The van der Waals surface area contributed by atoms with Crippen molar-refractivity contribution >= 4 is 17.4 Å². The summed E-state index contributed by atoms with van der Waals surface area (Å²) >= 11 is 0. The number of hydrogen-bond acceptors (Lipinski definition) is 3.